The molecule has 8 nitrogen and oxygen atoms in total. The SMILES string of the molecule is CCCC/C=C(\C(NCCCc1cccnc1CCCNC=O)C1CC1)N(C)CC(=O)NCC.CCc1ccc(O)cc1. The second-order valence-corrected chi connectivity index (χ2v) is 11.3. The van der Waals surface area contributed by atoms with Gasteiger partial charge in [0.05, 0.1) is 6.54 Å². The van der Waals surface area contributed by atoms with E-state index in [4.69, 9.17) is 5.11 Å². The highest BCUT2D eigenvalue weighted by molar-refractivity contribution is 5.78. The molecule has 1 aromatic carbocycles. The number of amides is 2. The predicted octanol–water partition coefficient (Wildman–Crippen LogP) is 5.16. The fourth-order valence-corrected chi connectivity index (χ4v) is 5.09. The second kappa shape index (κ2) is 21.3. The molecule has 1 fully saturated rings. The van der Waals surface area contributed by atoms with Gasteiger partial charge in [0.1, 0.15) is 5.75 Å². The summed E-state index contributed by atoms with van der Waals surface area (Å²) < 4.78 is 0. The maximum atomic E-state index is 12.2. The van der Waals surface area contributed by atoms with Crippen molar-refractivity contribution >= 4 is 12.3 Å². The Balaban J connectivity index is 0.000000609. The fourth-order valence-electron chi connectivity index (χ4n) is 5.09. The molecule has 1 heterocycles. The molecule has 1 atom stereocenters. The predicted molar refractivity (Wildman–Crippen MR) is 176 cm³/mol. The Kier molecular flexibility index (Phi) is 17.8. The summed E-state index contributed by atoms with van der Waals surface area (Å²) in [6.07, 6.45) is 15.7. The van der Waals surface area contributed by atoms with Crippen molar-refractivity contribution in [3.63, 3.8) is 0 Å². The number of aromatic nitrogens is 1. The number of hydrogen-bond donors (Lipinski definition) is 4. The number of unbranched alkanes of at least 4 members (excludes halogenated alkanes) is 2. The number of phenols is 1. The van der Waals surface area contributed by atoms with Crippen LogP contribution in [0, 0.1) is 5.92 Å². The van der Waals surface area contributed by atoms with Crippen molar-refractivity contribution in [2.75, 3.05) is 33.2 Å². The summed E-state index contributed by atoms with van der Waals surface area (Å²) in [7, 11) is 2.05. The van der Waals surface area contributed by atoms with Crippen LogP contribution in [0.4, 0.5) is 0 Å². The monoisotopic (exact) mass is 593 g/mol. The third-order valence-corrected chi connectivity index (χ3v) is 7.65. The molecule has 1 saturated carbocycles. The number of carbonyl (C=O) groups is 2. The number of rotatable bonds is 20. The minimum absolute atomic E-state index is 0.0772. The molecule has 0 spiro atoms. The number of allylic oxidation sites excluding steroid dienone is 1. The summed E-state index contributed by atoms with van der Waals surface area (Å²) in [6, 6.07) is 11.7. The second-order valence-electron chi connectivity index (χ2n) is 11.3. The minimum atomic E-state index is 0.0772. The minimum Gasteiger partial charge on any atom is -0.508 e. The van der Waals surface area contributed by atoms with Crippen molar-refractivity contribution in [1.29, 1.82) is 0 Å². The van der Waals surface area contributed by atoms with E-state index >= 15 is 0 Å². The van der Waals surface area contributed by atoms with Crippen LogP contribution in [0.15, 0.2) is 54.4 Å². The van der Waals surface area contributed by atoms with Gasteiger partial charge in [0.25, 0.3) is 0 Å². The molecule has 1 aromatic heterocycles. The van der Waals surface area contributed by atoms with Crippen LogP contribution in [-0.2, 0) is 28.9 Å². The molecule has 0 radical (unpaired) electrons. The molecule has 8 heteroatoms. The zero-order valence-corrected chi connectivity index (χ0v) is 26.9. The molecule has 1 aliphatic rings. The molecule has 2 aromatic rings. The molecule has 0 bridgehead atoms. The lowest BCUT2D eigenvalue weighted by atomic mass is 10.0. The lowest BCUT2D eigenvalue weighted by molar-refractivity contribution is -0.121. The Morgan fingerprint density at radius 1 is 1.07 bits per heavy atom. The normalized spacial score (nSPS) is 13.4. The standard InChI is InChI=1S/C27H45N5O2.C8H10O/c1-4-6-7-14-25(32(3)20-26(34)29-5-2)27(23-15-16-23)31-19-9-12-22-11-8-18-30-24(22)13-10-17-28-21-33;1-2-7-3-5-8(9)6-4-7/h8,11,14,18,21,23,27,31H,4-7,9-10,12-13,15-17,19-20H2,1-3H3,(H,28,33)(H,29,34);3-6,9H,2H2,1H3/b25-14+;. The van der Waals surface area contributed by atoms with Gasteiger partial charge >= 0.3 is 0 Å². The average molecular weight is 594 g/mol. The van der Waals surface area contributed by atoms with Crippen LogP contribution >= 0.6 is 0 Å². The summed E-state index contributed by atoms with van der Waals surface area (Å²) in [5.41, 5.74) is 4.96. The van der Waals surface area contributed by atoms with Crippen LogP contribution in [-0.4, -0.2) is 66.6 Å². The lowest BCUT2D eigenvalue weighted by Crippen LogP contribution is -2.43. The maximum absolute atomic E-state index is 12.2. The van der Waals surface area contributed by atoms with E-state index < -0.39 is 0 Å². The van der Waals surface area contributed by atoms with Crippen LogP contribution in [0.1, 0.15) is 82.5 Å². The topological polar surface area (TPSA) is 107 Å². The van der Waals surface area contributed by atoms with Gasteiger partial charge in [0.2, 0.25) is 12.3 Å². The number of nitrogens with one attached hydrogen (secondary N) is 3. The van der Waals surface area contributed by atoms with E-state index in [1.165, 1.54) is 42.5 Å². The molecular formula is C35H55N5O3. The van der Waals surface area contributed by atoms with Crippen LogP contribution < -0.4 is 16.0 Å². The Hall–Kier alpha value is -3.39. The number of likely N-dealkylation sites (N-methyl/N-ethyl adjacent to an activating group) is 2. The summed E-state index contributed by atoms with van der Waals surface area (Å²) in [5, 5.41) is 18.3. The molecule has 43 heavy (non-hydrogen) atoms. The first-order chi connectivity index (χ1) is 20.9. The highest BCUT2D eigenvalue weighted by Crippen LogP contribution is 2.36. The first-order valence-corrected chi connectivity index (χ1v) is 16.2. The van der Waals surface area contributed by atoms with Gasteiger partial charge < -0.3 is 26.0 Å². The highest BCUT2D eigenvalue weighted by atomic mass is 16.3. The van der Waals surface area contributed by atoms with Gasteiger partial charge in [-0.3, -0.25) is 14.6 Å². The van der Waals surface area contributed by atoms with Crippen molar-refractivity contribution < 1.29 is 14.7 Å². The Labute approximate surface area is 259 Å². The van der Waals surface area contributed by atoms with Gasteiger partial charge in [-0.2, -0.15) is 0 Å². The molecule has 4 N–H and O–H groups in total. The number of phenolic OH excluding ortho intramolecular Hbond substituents is 1. The number of carbonyl (C=O) groups excluding carboxylic acids is 2. The van der Waals surface area contributed by atoms with Crippen molar-refractivity contribution in [3.05, 3.63) is 71.2 Å². The number of aromatic hydroxyl groups is 1. The van der Waals surface area contributed by atoms with Crippen LogP contribution in [0.2, 0.25) is 0 Å². The lowest BCUT2D eigenvalue weighted by Gasteiger charge is -2.30. The van der Waals surface area contributed by atoms with Gasteiger partial charge in [-0.15, -0.1) is 0 Å². The molecule has 2 amide bonds. The number of nitrogens with zero attached hydrogens (tertiary/aromatic N) is 2. The zero-order valence-electron chi connectivity index (χ0n) is 26.9. The summed E-state index contributed by atoms with van der Waals surface area (Å²) >= 11 is 0. The summed E-state index contributed by atoms with van der Waals surface area (Å²) in [6.45, 7) is 8.94. The average Bonchev–Trinajstić information content (AvgIpc) is 3.85. The van der Waals surface area contributed by atoms with Crippen molar-refractivity contribution in [3.8, 4) is 5.75 Å². The number of benzene rings is 1. The Morgan fingerprint density at radius 3 is 2.47 bits per heavy atom. The van der Waals surface area contributed by atoms with E-state index in [0.29, 0.717) is 37.3 Å². The highest BCUT2D eigenvalue weighted by Gasteiger charge is 2.34. The molecule has 238 valence electrons. The molecule has 0 aliphatic heterocycles. The molecule has 3 rings (SSSR count). The van der Waals surface area contributed by atoms with E-state index in [9.17, 15) is 9.59 Å². The fraction of sp³-hybridized carbons (Fsp3) is 0.571. The smallest absolute Gasteiger partial charge is 0.239 e. The largest absolute Gasteiger partial charge is 0.508 e. The molecule has 0 saturated heterocycles. The van der Waals surface area contributed by atoms with E-state index in [0.717, 1.165) is 57.2 Å². The Morgan fingerprint density at radius 2 is 1.81 bits per heavy atom. The maximum Gasteiger partial charge on any atom is 0.239 e. The van der Waals surface area contributed by atoms with Crippen LogP contribution in [0.5, 0.6) is 5.75 Å². The zero-order chi connectivity index (χ0) is 31.3. The Bertz CT molecular complexity index is 1090. The first kappa shape index (κ1) is 35.8. The summed E-state index contributed by atoms with van der Waals surface area (Å²) in [4.78, 5) is 29.4. The molecule has 1 aliphatic carbocycles. The van der Waals surface area contributed by atoms with E-state index in [-0.39, 0.29) is 5.91 Å². The quantitative estimate of drug-likeness (QED) is 0.125. The van der Waals surface area contributed by atoms with Gasteiger partial charge in [-0.25, -0.2) is 0 Å². The van der Waals surface area contributed by atoms with Crippen molar-refractivity contribution in [2.24, 2.45) is 5.92 Å². The van der Waals surface area contributed by atoms with Crippen LogP contribution in [0.25, 0.3) is 0 Å². The van der Waals surface area contributed by atoms with Crippen molar-refractivity contribution in [1.82, 2.24) is 25.8 Å². The molecular weight excluding hydrogens is 538 g/mol. The van der Waals surface area contributed by atoms with E-state index in [2.05, 4.69) is 51.8 Å². The number of pyridine rings is 1. The van der Waals surface area contributed by atoms with Gasteiger partial charge in [0.15, 0.2) is 0 Å². The molecule has 1 unspecified atom stereocenters. The van der Waals surface area contributed by atoms with Gasteiger partial charge in [0, 0.05) is 43.8 Å². The van der Waals surface area contributed by atoms with Gasteiger partial charge in [-0.05, 0) is 100 Å². The number of aryl methyl sites for hydroxylation is 3. The summed E-state index contributed by atoms with van der Waals surface area (Å²) in [5.74, 6) is 1.07. The van der Waals surface area contributed by atoms with E-state index in [1.807, 2.05) is 38.4 Å². The van der Waals surface area contributed by atoms with Gasteiger partial charge in [-0.1, -0.05) is 51.0 Å². The van der Waals surface area contributed by atoms with E-state index in [1.54, 1.807) is 12.1 Å². The van der Waals surface area contributed by atoms with Crippen LogP contribution in [0.3, 0.4) is 0 Å². The third kappa shape index (κ3) is 14.6. The third-order valence-electron chi connectivity index (χ3n) is 7.65. The number of hydrogen-bond acceptors (Lipinski definition) is 6. The van der Waals surface area contributed by atoms with Crippen molar-refractivity contribution in [2.45, 2.75) is 91.0 Å². The first-order valence-electron chi connectivity index (χ1n) is 16.2.